The lowest BCUT2D eigenvalue weighted by atomic mass is 9.96. The van der Waals surface area contributed by atoms with Gasteiger partial charge in [0.25, 0.3) is 5.09 Å². The monoisotopic (exact) mass is 448 g/mol. The topological polar surface area (TPSA) is 117 Å². The number of hydrogen-bond acceptors (Lipinski definition) is 9. The molecule has 1 heterocycles. The second kappa shape index (κ2) is 11.7. The molecular formula is C22H28N2O8. The molecule has 0 bridgehead atoms. The molecule has 0 unspecified atom stereocenters. The van der Waals surface area contributed by atoms with Crippen LogP contribution >= 0.6 is 0 Å². The molecule has 0 saturated heterocycles. The highest BCUT2D eigenvalue weighted by Gasteiger charge is 2.32. The number of benzene rings is 1. The SMILES string of the molecule is CCOC(=O)C1=C(C)N(c2cccc(OCCCO[N+](=O)[O-])c2)C(C)=C(C(=O)OCC)C1. The molecule has 0 N–H and O–H groups in total. The van der Waals surface area contributed by atoms with Gasteiger partial charge in [0.15, 0.2) is 0 Å². The molecule has 0 radical (unpaired) electrons. The Morgan fingerprint density at radius 1 is 1.03 bits per heavy atom. The fraction of sp³-hybridized carbons (Fsp3) is 0.455. The third-order valence-corrected chi connectivity index (χ3v) is 4.77. The van der Waals surface area contributed by atoms with Crippen LogP contribution in [-0.4, -0.2) is 43.5 Å². The van der Waals surface area contributed by atoms with Crippen molar-refractivity contribution < 1.29 is 33.7 Å². The molecular weight excluding hydrogens is 420 g/mol. The van der Waals surface area contributed by atoms with Crippen LogP contribution in [0.1, 0.15) is 40.5 Å². The quantitative estimate of drug-likeness (QED) is 0.217. The van der Waals surface area contributed by atoms with Crippen LogP contribution in [0.3, 0.4) is 0 Å². The van der Waals surface area contributed by atoms with Crippen LogP contribution in [0.4, 0.5) is 5.69 Å². The van der Waals surface area contributed by atoms with Gasteiger partial charge in [-0.15, -0.1) is 10.1 Å². The first-order valence-corrected chi connectivity index (χ1v) is 10.3. The number of ether oxygens (including phenoxy) is 3. The highest BCUT2D eigenvalue weighted by molar-refractivity contribution is 5.98. The van der Waals surface area contributed by atoms with Gasteiger partial charge in [0.2, 0.25) is 0 Å². The van der Waals surface area contributed by atoms with E-state index >= 15 is 0 Å². The molecule has 32 heavy (non-hydrogen) atoms. The molecule has 0 atom stereocenters. The van der Waals surface area contributed by atoms with E-state index in [1.54, 1.807) is 50.8 Å². The molecule has 10 nitrogen and oxygen atoms in total. The van der Waals surface area contributed by atoms with Crippen molar-refractivity contribution in [3.8, 4) is 5.75 Å². The minimum absolute atomic E-state index is 0.0612. The Morgan fingerprint density at radius 2 is 1.62 bits per heavy atom. The molecule has 1 aromatic carbocycles. The van der Waals surface area contributed by atoms with Crippen molar-refractivity contribution in [3.05, 3.63) is 56.9 Å². The molecule has 1 aliphatic rings. The van der Waals surface area contributed by atoms with Gasteiger partial charge >= 0.3 is 11.9 Å². The Kier molecular flexibility index (Phi) is 9.06. The van der Waals surface area contributed by atoms with E-state index < -0.39 is 17.0 Å². The Bertz CT molecular complexity index is 882. The predicted octanol–water partition coefficient (Wildman–Crippen LogP) is 3.55. The highest BCUT2D eigenvalue weighted by atomic mass is 16.9. The van der Waals surface area contributed by atoms with Crippen molar-refractivity contribution in [1.82, 2.24) is 0 Å². The predicted molar refractivity (Wildman–Crippen MR) is 115 cm³/mol. The zero-order valence-corrected chi connectivity index (χ0v) is 18.7. The first-order chi connectivity index (χ1) is 15.3. The standard InChI is InChI=1S/C22H28N2O8/c1-5-29-21(25)19-14-20(22(26)30-6-2)16(4)23(15(19)3)17-9-7-10-18(13-17)31-11-8-12-32-24(27)28/h7,9-10,13H,5-6,8,11-12,14H2,1-4H3. The van der Waals surface area contributed by atoms with Crippen molar-refractivity contribution in [3.63, 3.8) is 0 Å². The van der Waals surface area contributed by atoms with E-state index in [4.69, 9.17) is 14.2 Å². The average Bonchev–Trinajstić information content (AvgIpc) is 2.74. The first-order valence-electron chi connectivity index (χ1n) is 10.3. The summed E-state index contributed by atoms with van der Waals surface area (Å²) in [6.45, 7) is 7.63. The number of hydrogen-bond donors (Lipinski definition) is 0. The number of nitrogens with zero attached hydrogens (tertiary/aromatic N) is 2. The summed E-state index contributed by atoms with van der Waals surface area (Å²) in [5.74, 6) is -0.435. The van der Waals surface area contributed by atoms with E-state index in [0.29, 0.717) is 40.4 Å². The minimum Gasteiger partial charge on any atom is -0.493 e. The third kappa shape index (κ3) is 6.22. The number of esters is 2. The van der Waals surface area contributed by atoms with Gasteiger partial charge in [-0.1, -0.05) is 6.07 Å². The van der Waals surface area contributed by atoms with Crippen molar-refractivity contribution in [2.75, 3.05) is 31.3 Å². The van der Waals surface area contributed by atoms with Gasteiger partial charge in [-0.25, -0.2) is 9.59 Å². The summed E-state index contributed by atoms with van der Waals surface area (Å²) in [6, 6.07) is 7.12. The number of carbonyl (C=O) groups is 2. The zero-order valence-electron chi connectivity index (χ0n) is 18.7. The Labute approximate surface area is 186 Å². The van der Waals surface area contributed by atoms with Gasteiger partial charge in [0.1, 0.15) is 5.75 Å². The summed E-state index contributed by atoms with van der Waals surface area (Å²) < 4.78 is 16.1. The normalized spacial score (nSPS) is 13.7. The van der Waals surface area contributed by atoms with Gasteiger partial charge in [-0.3, -0.25) is 0 Å². The van der Waals surface area contributed by atoms with Crippen LogP contribution in [0.25, 0.3) is 0 Å². The van der Waals surface area contributed by atoms with Crippen LogP contribution < -0.4 is 9.64 Å². The van der Waals surface area contributed by atoms with Gasteiger partial charge in [-0.2, -0.15) is 0 Å². The zero-order chi connectivity index (χ0) is 23.7. The molecule has 0 saturated carbocycles. The number of rotatable bonds is 11. The Hall–Kier alpha value is -3.56. The molecule has 0 aromatic heterocycles. The van der Waals surface area contributed by atoms with Crippen LogP contribution in [0.15, 0.2) is 46.8 Å². The number of anilines is 1. The summed E-state index contributed by atoms with van der Waals surface area (Å²) >= 11 is 0. The van der Waals surface area contributed by atoms with Crippen LogP contribution in [0.5, 0.6) is 5.75 Å². The van der Waals surface area contributed by atoms with Crippen molar-refractivity contribution in [2.24, 2.45) is 0 Å². The molecule has 0 spiro atoms. The van der Waals surface area contributed by atoms with Gasteiger partial charge in [0.05, 0.1) is 37.6 Å². The van der Waals surface area contributed by atoms with Gasteiger partial charge in [0, 0.05) is 36.0 Å². The van der Waals surface area contributed by atoms with Crippen molar-refractivity contribution in [1.29, 1.82) is 0 Å². The highest BCUT2D eigenvalue weighted by Crippen LogP contribution is 2.37. The summed E-state index contributed by atoms with van der Waals surface area (Å²) in [5.41, 5.74) is 2.73. The van der Waals surface area contributed by atoms with Crippen LogP contribution in [-0.2, 0) is 23.9 Å². The maximum Gasteiger partial charge on any atom is 0.336 e. The molecule has 0 fully saturated rings. The van der Waals surface area contributed by atoms with Crippen LogP contribution in [0, 0.1) is 10.1 Å². The third-order valence-electron chi connectivity index (χ3n) is 4.77. The maximum atomic E-state index is 12.6. The van der Waals surface area contributed by atoms with Crippen LogP contribution in [0.2, 0.25) is 0 Å². The molecule has 1 aliphatic heterocycles. The molecule has 0 aliphatic carbocycles. The largest absolute Gasteiger partial charge is 0.493 e. The average molecular weight is 448 g/mol. The molecule has 1 aromatic rings. The van der Waals surface area contributed by atoms with E-state index in [1.165, 1.54) is 0 Å². The lowest BCUT2D eigenvalue weighted by Gasteiger charge is -2.33. The first kappa shape index (κ1) is 24.7. The van der Waals surface area contributed by atoms with E-state index in [9.17, 15) is 19.7 Å². The second-order valence-corrected chi connectivity index (χ2v) is 6.84. The molecule has 10 heteroatoms. The number of carbonyl (C=O) groups excluding carboxylic acids is 2. The summed E-state index contributed by atoms with van der Waals surface area (Å²) in [5, 5.41) is 9.36. The van der Waals surface area contributed by atoms with E-state index in [-0.39, 0.29) is 32.8 Å². The summed E-state index contributed by atoms with van der Waals surface area (Å²) in [7, 11) is 0. The lowest BCUT2D eigenvalue weighted by Crippen LogP contribution is -2.31. The second-order valence-electron chi connectivity index (χ2n) is 6.84. The maximum absolute atomic E-state index is 12.6. The van der Waals surface area contributed by atoms with Crippen molar-refractivity contribution in [2.45, 2.75) is 40.5 Å². The molecule has 0 amide bonds. The van der Waals surface area contributed by atoms with E-state index in [0.717, 1.165) is 0 Å². The summed E-state index contributed by atoms with van der Waals surface area (Å²) in [4.78, 5) is 41.4. The molecule has 2 rings (SSSR count). The lowest BCUT2D eigenvalue weighted by molar-refractivity contribution is -0.757. The Balaban J connectivity index is 2.33. The smallest absolute Gasteiger partial charge is 0.336 e. The van der Waals surface area contributed by atoms with Gasteiger partial charge in [-0.05, 0) is 39.8 Å². The fourth-order valence-electron chi connectivity index (χ4n) is 3.32. The van der Waals surface area contributed by atoms with E-state index in [2.05, 4.69) is 4.84 Å². The molecule has 174 valence electrons. The summed E-state index contributed by atoms with van der Waals surface area (Å²) in [6.07, 6.45) is 0.464. The number of allylic oxidation sites excluding steroid dienone is 2. The van der Waals surface area contributed by atoms with Crippen molar-refractivity contribution >= 4 is 17.6 Å². The van der Waals surface area contributed by atoms with E-state index in [1.807, 2.05) is 6.07 Å². The minimum atomic E-state index is -0.844. The van der Waals surface area contributed by atoms with Gasteiger partial charge < -0.3 is 23.9 Å². The fourth-order valence-corrected chi connectivity index (χ4v) is 3.32. The Morgan fingerprint density at radius 3 is 2.16 bits per heavy atom.